The Morgan fingerprint density at radius 3 is 2.88 bits per heavy atom. The molecule has 0 fully saturated rings. The van der Waals surface area contributed by atoms with Crippen molar-refractivity contribution in [3.05, 3.63) is 22.1 Å². The molecule has 1 rings (SSSR count). The van der Waals surface area contributed by atoms with E-state index in [0.29, 0.717) is 0 Å². The van der Waals surface area contributed by atoms with Gasteiger partial charge in [0.05, 0.1) is 18.1 Å². The minimum Gasteiger partial charge on any atom is -0.476 e. The lowest BCUT2D eigenvalue weighted by atomic mass is 10.4. The third-order valence-electron chi connectivity index (χ3n) is 1.70. The average Bonchev–Trinajstić information content (AvgIpc) is 2.25. The predicted molar refractivity (Wildman–Crippen MR) is 58.4 cm³/mol. The molecule has 0 saturated carbocycles. The number of hydrogen-bond acceptors (Lipinski definition) is 3. The molecule has 0 saturated heterocycles. The maximum Gasteiger partial charge on any atom is 0.235 e. The SMILES string of the molecule is CNC(=O)CCOc1nc(F)c(Cl)cc1Cl. The van der Waals surface area contributed by atoms with Gasteiger partial charge in [0, 0.05) is 7.05 Å². The fourth-order valence-electron chi connectivity index (χ4n) is 0.895. The Labute approximate surface area is 102 Å². The largest absolute Gasteiger partial charge is 0.476 e. The fourth-order valence-corrected chi connectivity index (χ4v) is 1.31. The van der Waals surface area contributed by atoms with Crippen molar-refractivity contribution >= 4 is 29.1 Å². The number of nitrogens with one attached hydrogen (secondary N) is 1. The molecular formula is C9H9Cl2FN2O2. The number of aromatic nitrogens is 1. The van der Waals surface area contributed by atoms with Crippen molar-refractivity contribution < 1.29 is 13.9 Å². The molecule has 16 heavy (non-hydrogen) atoms. The number of carbonyl (C=O) groups excluding carboxylic acids is 1. The minimum absolute atomic E-state index is 0.0630. The second kappa shape index (κ2) is 5.86. The van der Waals surface area contributed by atoms with E-state index in [2.05, 4.69) is 10.3 Å². The van der Waals surface area contributed by atoms with Gasteiger partial charge in [0.15, 0.2) is 0 Å². The van der Waals surface area contributed by atoms with Crippen LogP contribution in [-0.4, -0.2) is 24.5 Å². The van der Waals surface area contributed by atoms with Gasteiger partial charge in [-0.25, -0.2) is 0 Å². The highest BCUT2D eigenvalue weighted by atomic mass is 35.5. The number of carbonyl (C=O) groups is 1. The predicted octanol–water partition coefficient (Wildman–Crippen LogP) is 2.04. The van der Waals surface area contributed by atoms with Crippen LogP contribution in [0.3, 0.4) is 0 Å². The number of nitrogens with zero attached hydrogens (tertiary/aromatic N) is 1. The van der Waals surface area contributed by atoms with E-state index in [4.69, 9.17) is 27.9 Å². The van der Waals surface area contributed by atoms with Crippen LogP contribution >= 0.6 is 23.2 Å². The number of halogens is 3. The molecule has 0 radical (unpaired) electrons. The maximum atomic E-state index is 13.0. The van der Waals surface area contributed by atoms with Crippen LogP contribution in [0.4, 0.5) is 4.39 Å². The Bertz CT molecular complexity index is 401. The van der Waals surface area contributed by atoms with Gasteiger partial charge >= 0.3 is 0 Å². The average molecular weight is 267 g/mol. The molecule has 0 aromatic carbocycles. The first kappa shape index (κ1) is 13.0. The van der Waals surface area contributed by atoms with E-state index in [1.165, 1.54) is 13.1 Å². The first-order valence-corrected chi connectivity index (χ1v) is 5.15. The number of rotatable bonds is 4. The van der Waals surface area contributed by atoms with Gasteiger partial charge in [0.25, 0.3) is 0 Å². The summed E-state index contributed by atoms with van der Waals surface area (Å²) in [6.07, 6.45) is 0.138. The Morgan fingerprint density at radius 1 is 1.56 bits per heavy atom. The molecule has 0 aliphatic heterocycles. The van der Waals surface area contributed by atoms with Crippen LogP contribution in [0.25, 0.3) is 0 Å². The Kier molecular flexibility index (Phi) is 4.76. The first-order chi connectivity index (χ1) is 7.54. The molecule has 1 aromatic heterocycles. The second-order valence-corrected chi connectivity index (χ2v) is 3.63. The summed E-state index contributed by atoms with van der Waals surface area (Å²) < 4.78 is 18.0. The highest BCUT2D eigenvalue weighted by Gasteiger charge is 2.10. The Hall–Kier alpha value is -1.07. The molecule has 88 valence electrons. The van der Waals surface area contributed by atoms with Crippen molar-refractivity contribution in [2.24, 2.45) is 0 Å². The van der Waals surface area contributed by atoms with Crippen molar-refractivity contribution in [3.8, 4) is 5.88 Å². The van der Waals surface area contributed by atoms with Crippen LogP contribution < -0.4 is 10.1 Å². The summed E-state index contributed by atoms with van der Waals surface area (Å²) in [5.74, 6) is -1.13. The summed E-state index contributed by atoms with van der Waals surface area (Å²) in [5, 5.41) is 2.34. The lowest BCUT2D eigenvalue weighted by molar-refractivity contribution is -0.121. The second-order valence-electron chi connectivity index (χ2n) is 2.82. The standard InChI is InChI=1S/C9H9Cl2FN2O2/c1-13-7(15)2-3-16-9-6(11)4-5(10)8(12)14-9/h4H,2-3H2,1H3,(H,13,15). The Balaban J connectivity index is 2.60. The van der Waals surface area contributed by atoms with E-state index in [1.807, 2.05) is 0 Å². The van der Waals surface area contributed by atoms with E-state index in [9.17, 15) is 9.18 Å². The van der Waals surface area contributed by atoms with Crippen molar-refractivity contribution in [3.63, 3.8) is 0 Å². The molecule has 4 nitrogen and oxygen atoms in total. The van der Waals surface area contributed by atoms with Gasteiger partial charge in [-0.2, -0.15) is 9.37 Å². The summed E-state index contributed by atoms with van der Waals surface area (Å²) in [6.45, 7) is 0.0630. The zero-order valence-electron chi connectivity index (χ0n) is 8.39. The van der Waals surface area contributed by atoms with Gasteiger partial charge in [-0.05, 0) is 6.07 Å². The summed E-state index contributed by atoms with van der Waals surface area (Å²) in [4.78, 5) is 14.3. The maximum absolute atomic E-state index is 13.0. The van der Waals surface area contributed by atoms with Gasteiger partial charge in [-0.15, -0.1) is 0 Å². The Morgan fingerprint density at radius 2 is 2.25 bits per heavy atom. The smallest absolute Gasteiger partial charge is 0.235 e. The van der Waals surface area contributed by atoms with Crippen LogP contribution in [-0.2, 0) is 4.79 Å². The third kappa shape index (κ3) is 3.50. The molecule has 0 bridgehead atoms. The summed E-state index contributed by atoms with van der Waals surface area (Å²) in [7, 11) is 1.51. The molecule has 1 amide bonds. The number of pyridine rings is 1. The minimum atomic E-state index is -0.860. The van der Waals surface area contributed by atoms with Gasteiger partial charge in [0.2, 0.25) is 17.7 Å². The van der Waals surface area contributed by atoms with Crippen LogP contribution in [0.5, 0.6) is 5.88 Å². The molecule has 1 heterocycles. The monoisotopic (exact) mass is 266 g/mol. The highest BCUT2D eigenvalue weighted by molar-refractivity contribution is 6.35. The number of hydrogen-bond donors (Lipinski definition) is 1. The van der Waals surface area contributed by atoms with Crippen LogP contribution in [0.2, 0.25) is 10.0 Å². The molecule has 1 N–H and O–H groups in total. The summed E-state index contributed by atoms with van der Waals surface area (Å²) >= 11 is 11.2. The molecular weight excluding hydrogens is 258 g/mol. The van der Waals surface area contributed by atoms with Gasteiger partial charge in [-0.3, -0.25) is 4.79 Å². The van der Waals surface area contributed by atoms with Gasteiger partial charge < -0.3 is 10.1 Å². The quantitative estimate of drug-likeness (QED) is 0.849. The zero-order valence-corrected chi connectivity index (χ0v) is 9.90. The molecule has 0 unspecified atom stereocenters. The van der Waals surface area contributed by atoms with Crippen LogP contribution in [0, 0.1) is 5.95 Å². The van der Waals surface area contributed by atoms with Gasteiger partial charge in [0.1, 0.15) is 5.02 Å². The van der Waals surface area contributed by atoms with Gasteiger partial charge in [-0.1, -0.05) is 23.2 Å². The third-order valence-corrected chi connectivity index (χ3v) is 2.24. The summed E-state index contributed by atoms with van der Waals surface area (Å²) in [6, 6.07) is 1.20. The lowest BCUT2D eigenvalue weighted by Crippen LogP contribution is -2.20. The highest BCUT2D eigenvalue weighted by Crippen LogP contribution is 2.26. The molecule has 0 atom stereocenters. The first-order valence-electron chi connectivity index (χ1n) is 4.39. The molecule has 0 aliphatic carbocycles. The van der Waals surface area contributed by atoms with Crippen molar-refractivity contribution in [2.45, 2.75) is 6.42 Å². The fraction of sp³-hybridized carbons (Fsp3) is 0.333. The van der Waals surface area contributed by atoms with E-state index in [-0.39, 0.29) is 34.9 Å². The number of amides is 1. The van der Waals surface area contributed by atoms with Crippen LogP contribution in [0.1, 0.15) is 6.42 Å². The van der Waals surface area contributed by atoms with Crippen LogP contribution in [0.15, 0.2) is 6.07 Å². The normalized spacial score (nSPS) is 10.0. The number of ether oxygens (including phenoxy) is 1. The topological polar surface area (TPSA) is 51.2 Å². The van der Waals surface area contributed by atoms with E-state index >= 15 is 0 Å². The van der Waals surface area contributed by atoms with E-state index < -0.39 is 5.95 Å². The zero-order chi connectivity index (χ0) is 12.1. The molecule has 7 heteroatoms. The molecule has 1 aromatic rings. The van der Waals surface area contributed by atoms with E-state index in [1.54, 1.807) is 0 Å². The van der Waals surface area contributed by atoms with E-state index in [0.717, 1.165) is 0 Å². The molecule has 0 spiro atoms. The van der Waals surface area contributed by atoms with Crippen molar-refractivity contribution in [2.75, 3.05) is 13.7 Å². The van der Waals surface area contributed by atoms with Crippen molar-refractivity contribution in [1.29, 1.82) is 0 Å². The van der Waals surface area contributed by atoms with Crippen molar-refractivity contribution in [1.82, 2.24) is 10.3 Å². The summed E-state index contributed by atoms with van der Waals surface area (Å²) in [5.41, 5.74) is 0. The lowest BCUT2D eigenvalue weighted by Gasteiger charge is -2.06. The molecule has 0 aliphatic rings.